The number of nitrogens with one attached hydrogen (secondary N) is 2. The van der Waals surface area contributed by atoms with Crippen LogP contribution in [0.4, 0.5) is 5.69 Å². The number of amides is 2. The second-order valence-corrected chi connectivity index (χ2v) is 7.44. The molecule has 1 saturated heterocycles. The number of quaternary nitrogens is 1. The molecular formula is C22H28N3O2+. The Morgan fingerprint density at radius 3 is 2.30 bits per heavy atom. The summed E-state index contributed by atoms with van der Waals surface area (Å²) in [6.45, 7) is 4.03. The molecule has 142 valence electrons. The first-order valence-corrected chi connectivity index (χ1v) is 9.62. The van der Waals surface area contributed by atoms with Crippen molar-refractivity contribution in [3.63, 3.8) is 0 Å². The summed E-state index contributed by atoms with van der Waals surface area (Å²) < 4.78 is 0. The first-order chi connectivity index (χ1) is 13.0. The normalized spacial score (nSPS) is 20.6. The molecule has 2 amide bonds. The van der Waals surface area contributed by atoms with Crippen LogP contribution in [-0.2, 0) is 11.2 Å². The molecule has 1 fully saturated rings. The van der Waals surface area contributed by atoms with Crippen molar-refractivity contribution in [1.82, 2.24) is 0 Å². The molecule has 3 rings (SSSR count). The largest absolute Gasteiger partial charge is 0.366 e. The van der Waals surface area contributed by atoms with Crippen molar-refractivity contribution in [2.45, 2.75) is 32.2 Å². The Morgan fingerprint density at radius 2 is 1.70 bits per heavy atom. The van der Waals surface area contributed by atoms with E-state index in [4.69, 9.17) is 5.73 Å². The first-order valence-electron chi connectivity index (χ1n) is 9.62. The molecule has 0 spiro atoms. The van der Waals surface area contributed by atoms with Crippen molar-refractivity contribution in [2.24, 2.45) is 11.7 Å². The highest BCUT2D eigenvalue weighted by molar-refractivity contribution is 5.95. The Labute approximate surface area is 160 Å². The molecule has 0 aliphatic carbocycles. The fraction of sp³-hybridized carbons (Fsp3) is 0.364. The fourth-order valence-electron chi connectivity index (χ4n) is 3.79. The van der Waals surface area contributed by atoms with Gasteiger partial charge in [0, 0.05) is 11.3 Å². The predicted octanol–water partition coefficient (Wildman–Crippen LogP) is 1.65. The number of nitrogens with two attached hydrogens (primary N) is 1. The zero-order chi connectivity index (χ0) is 19.2. The lowest BCUT2D eigenvalue weighted by Gasteiger charge is -2.32. The quantitative estimate of drug-likeness (QED) is 0.727. The number of likely N-dealkylation sites (tertiary alicyclic amines) is 1. The second kappa shape index (κ2) is 8.82. The zero-order valence-corrected chi connectivity index (χ0v) is 15.8. The number of anilines is 1. The van der Waals surface area contributed by atoms with Gasteiger partial charge in [-0.1, -0.05) is 30.3 Å². The van der Waals surface area contributed by atoms with Gasteiger partial charge in [-0.2, -0.15) is 0 Å². The molecule has 5 heteroatoms. The summed E-state index contributed by atoms with van der Waals surface area (Å²) in [5.41, 5.74) is 7.77. The van der Waals surface area contributed by atoms with E-state index >= 15 is 0 Å². The SMILES string of the molecule is C[C@@H](C(=O)Nc1ccc(C(N)=O)cc1)[NH+]1CCC(Cc2ccccc2)CC1. The van der Waals surface area contributed by atoms with Crippen molar-refractivity contribution < 1.29 is 14.5 Å². The van der Waals surface area contributed by atoms with Crippen molar-refractivity contribution >= 4 is 17.5 Å². The van der Waals surface area contributed by atoms with Crippen LogP contribution in [0.5, 0.6) is 0 Å². The van der Waals surface area contributed by atoms with E-state index in [0.29, 0.717) is 17.2 Å². The third-order valence-corrected chi connectivity index (χ3v) is 5.56. The standard InChI is InChI=1S/C22H27N3O2/c1-16(22(27)24-20-9-7-19(8-10-20)21(23)26)25-13-11-18(12-14-25)15-17-5-3-2-4-6-17/h2-10,16,18H,11-15H2,1H3,(H2,23,26)(H,24,27)/p+1/t16-/m0/s1. The lowest BCUT2D eigenvalue weighted by molar-refractivity contribution is -0.919. The van der Waals surface area contributed by atoms with E-state index in [1.165, 1.54) is 10.5 Å². The van der Waals surface area contributed by atoms with Crippen LogP contribution in [0.1, 0.15) is 35.7 Å². The Kier molecular flexibility index (Phi) is 6.24. The lowest BCUT2D eigenvalue weighted by Crippen LogP contribution is -3.17. The Balaban J connectivity index is 1.48. The maximum absolute atomic E-state index is 12.6. The lowest BCUT2D eigenvalue weighted by atomic mass is 9.89. The van der Waals surface area contributed by atoms with Crippen molar-refractivity contribution in [2.75, 3.05) is 18.4 Å². The maximum Gasteiger partial charge on any atom is 0.282 e. The predicted molar refractivity (Wildman–Crippen MR) is 107 cm³/mol. The van der Waals surface area contributed by atoms with Gasteiger partial charge in [0.2, 0.25) is 5.91 Å². The highest BCUT2D eigenvalue weighted by atomic mass is 16.2. The number of benzene rings is 2. The summed E-state index contributed by atoms with van der Waals surface area (Å²) in [6, 6.07) is 17.2. The van der Waals surface area contributed by atoms with Crippen LogP contribution in [0, 0.1) is 5.92 Å². The molecule has 5 nitrogen and oxygen atoms in total. The van der Waals surface area contributed by atoms with Gasteiger partial charge in [0.15, 0.2) is 6.04 Å². The minimum Gasteiger partial charge on any atom is -0.366 e. The van der Waals surface area contributed by atoms with Crippen LogP contribution in [0.15, 0.2) is 54.6 Å². The van der Waals surface area contributed by atoms with E-state index in [1.54, 1.807) is 24.3 Å². The molecule has 2 aromatic rings. The van der Waals surface area contributed by atoms with E-state index in [2.05, 4.69) is 35.6 Å². The van der Waals surface area contributed by atoms with E-state index in [-0.39, 0.29) is 11.9 Å². The Hall–Kier alpha value is -2.66. The molecule has 0 unspecified atom stereocenters. The molecule has 1 aliphatic heterocycles. The van der Waals surface area contributed by atoms with Crippen molar-refractivity contribution in [3.05, 3.63) is 65.7 Å². The van der Waals surface area contributed by atoms with Crippen molar-refractivity contribution in [3.8, 4) is 0 Å². The molecule has 2 aromatic carbocycles. The van der Waals surface area contributed by atoms with Crippen molar-refractivity contribution in [1.29, 1.82) is 0 Å². The van der Waals surface area contributed by atoms with Crippen LogP contribution < -0.4 is 16.0 Å². The summed E-state index contributed by atoms with van der Waals surface area (Å²) >= 11 is 0. The van der Waals surface area contributed by atoms with Gasteiger partial charge >= 0.3 is 0 Å². The fourth-order valence-corrected chi connectivity index (χ4v) is 3.79. The zero-order valence-electron chi connectivity index (χ0n) is 15.8. The van der Waals surface area contributed by atoms with E-state index < -0.39 is 5.91 Å². The molecule has 1 heterocycles. The van der Waals surface area contributed by atoms with Gasteiger partial charge in [0.25, 0.3) is 5.91 Å². The molecule has 0 radical (unpaired) electrons. The topological polar surface area (TPSA) is 76.6 Å². The average Bonchev–Trinajstić information content (AvgIpc) is 2.69. The smallest absolute Gasteiger partial charge is 0.282 e. The number of primary amides is 1. The molecule has 0 aromatic heterocycles. The Bertz CT molecular complexity index is 766. The van der Waals surface area contributed by atoms with Gasteiger partial charge in [0.05, 0.1) is 13.1 Å². The molecular weight excluding hydrogens is 338 g/mol. The van der Waals surface area contributed by atoms with Crippen LogP contribution in [0.25, 0.3) is 0 Å². The summed E-state index contributed by atoms with van der Waals surface area (Å²) in [5, 5.41) is 2.94. The highest BCUT2D eigenvalue weighted by Gasteiger charge is 2.30. The molecule has 4 N–H and O–H groups in total. The summed E-state index contributed by atoms with van der Waals surface area (Å²) in [5.74, 6) is 0.246. The van der Waals surface area contributed by atoms with Gasteiger partial charge < -0.3 is 16.0 Å². The van der Waals surface area contributed by atoms with Gasteiger partial charge in [-0.3, -0.25) is 9.59 Å². The molecule has 27 heavy (non-hydrogen) atoms. The number of piperidine rings is 1. The van der Waals surface area contributed by atoms with Gasteiger partial charge in [-0.05, 0) is 61.9 Å². The number of carbonyl (C=O) groups is 2. The highest BCUT2D eigenvalue weighted by Crippen LogP contribution is 2.17. The molecule has 1 aliphatic rings. The Morgan fingerprint density at radius 1 is 1.07 bits per heavy atom. The molecule has 0 bridgehead atoms. The number of hydrogen-bond donors (Lipinski definition) is 3. The maximum atomic E-state index is 12.6. The van der Waals surface area contributed by atoms with Gasteiger partial charge in [-0.25, -0.2) is 0 Å². The summed E-state index contributed by atoms with van der Waals surface area (Å²) in [7, 11) is 0. The first kappa shape index (κ1) is 19.1. The molecule has 1 atom stereocenters. The minimum atomic E-state index is -0.468. The second-order valence-electron chi connectivity index (χ2n) is 7.44. The van der Waals surface area contributed by atoms with Crippen LogP contribution in [-0.4, -0.2) is 30.9 Å². The summed E-state index contributed by atoms with van der Waals surface area (Å²) in [6.07, 6.45) is 3.42. The van der Waals surface area contributed by atoms with Crippen LogP contribution >= 0.6 is 0 Å². The van der Waals surface area contributed by atoms with E-state index in [0.717, 1.165) is 32.4 Å². The van der Waals surface area contributed by atoms with E-state index in [1.807, 2.05) is 6.92 Å². The van der Waals surface area contributed by atoms with Gasteiger partial charge in [-0.15, -0.1) is 0 Å². The van der Waals surface area contributed by atoms with Crippen LogP contribution in [0.2, 0.25) is 0 Å². The van der Waals surface area contributed by atoms with Gasteiger partial charge in [0.1, 0.15) is 0 Å². The number of carbonyl (C=O) groups excluding carboxylic acids is 2. The molecule has 0 saturated carbocycles. The minimum absolute atomic E-state index is 0.0123. The summed E-state index contributed by atoms with van der Waals surface area (Å²) in [4.78, 5) is 25.0. The van der Waals surface area contributed by atoms with Crippen LogP contribution in [0.3, 0.4) is 0 Å². The third-order valence-electron chi connectivity index (χ3n) is 5.56. The average molecular weight is 366 g/mol. The number of rotatable bonds is 6. The van der Waals surface area contributed by atoms with E-state index in [9.17, 15) is 9.59 Å². The monoisotopic (exact) mass is 366 g/mol. The number of hydrogen-bond acceptors (Lipinski definition) is 2. The third kappa shape index (κ3) is 5.17.